The number of benzene rings is 1. The van der Waals surface area contributed by atoms with Crippen molar-refractivity contribution in [3.63, 3.8) is 0 Å². The first-order valence-corrected chi connectivity index (χ1v) is 8.38. The third-order valence-electron chi connectivity index (χ3n) is 4.47. The second kappa shape index (κ2) is 7.84. The van der Waals surface area contributed by atoms with E-state index >= 15 is 0 Å². The normalized spacial score (nSPS) is 18.8. The predicted octanol–water partition coefficient (Wildman–Crippen LogP) is 3.59. The molecular formula is C17H25ClN2O2. The zero-order valence-corrected chi connectivity index (χ0v) is 14.0. The van der Waals surface area contributed by atoms with Crippen LogP contribution in [0.15, 0.2) is 24.3 Å². The van der Waals surface area contributed by atoms with Crippen LogP contribution in [0.1, 0.15) is 44.7 Å². The number of carbonyl (C=O) groups excluding carboxylic acids is 1. The van der Waals surface area contributed by atoms with Gasteiger partial charge in [-0.2, -0.15) is 0 Å². The van der Waals surface area contributed by atoms with Crippen LogP contribution in [0.3, 0.4) is 0 Å². The molecule has 1 fully saturated rings. The average molecular weight is 325 g/mol. The Hall–Kier alpha value is -1.26. The standard InChI is InChI=1S/C17H25ClN2O2/c1-3-16(14-5-4-6-15(18)11-14)19-17(22)20-9-7-13(8-10-20)12(2)21/h4-6,11-13,16,21H,3,7-10H2,1-2H3,(H,19,22). The summed E-state index contributed by atoms with van der Waals surface area (Å²) in [5, 5.41) is 13.4. The van der Waals surface area contributed by atoms with Crippen molar-refractivity contribution in [1.29, 1.82) is 0 Å². The molecule has 1 heterocycles. The summed E-state index contributed by atoms with van der Waals surface area (Å²) in [6, 6.07) is 7.56. The molecule has 5 heteroatoms. The molecule has 2 amide bonds. The van der Waals surface area contributed by atoms with Crippen molar-refractivity contribution in [2.75, 3.05) is 13.1 Å². The Morgan fingerprint density at radius 1 is 1.45 bits per heavy atom. The molecule has 0 aliphatic carbocycles. The predicted molar refractivity (Wildman–Crippen MR) is 89.0 cm³/mol. The van der Waals surface area contributed by atoms with E-state index in [1.165, 1.54) is 0 Å². The number of carbonyl (C=O) groups is 1. The molecule has 0 saturated carbocycles. The molecule has 122 valence electrons. The molecule has 1 saturated heterocycles. The topological polar surface area (TPSA) is 52.6 Å². The number of nitrogens with zero attached hydrogens (tertiary/aromatic N) is 1. The highest BCUT2D eigenvalue weighted by molar-refractivity contribution is 6.30. The van der Waals surface area contributed by atoms with Crippen LogP contribution < -0.4 is 5.32 Å². The molecule has 2 rings (SSSR count). The van der Waals surface area contributed by atoms with E-state index in [1.54, 1.807) is 0 Å². The van der Waals surface area contributed by atoms with Gasteiger partial charge in [0.1, 0.15) is 0 Å². The van der Waals surface area contributed by atoms with Crippen molar-refractivity contribution in [1.82, 2.24) is 10.2 Å². The Labute approximate surface area is 137 Å². The van der Waals surface area contributed by atoms with Crippen molar-refractivity contribution in [3.8, 4) is 0 Å². The van der Waals surface area contributed by atoms with Crippen molar-refractivity contribution in [3.05, 3.63) is 34.9 Å². The Morgan fingerprint density at radius 3 is 2.68 bits per heavy atom. The van der Waals surface area contributed by atoms with Gasteiger partial charge in [0.15, 0.2) is 0 Å². The van der Waals surface area contributed by atoms with Gasteiger partial charge in [0.2, 0.25) is 0 Å². The molecule has 0 bridgehead atoms. The minimum atomic E-state index is -0.292. The molecule has 2 N–H and O–H groups in total. The van der Waals surface area contributed by atoms with Crippen molar-refractivity contribution >= 4 is 17.6 Å². The molecule has 2 atom stereocenters. The lowest BCUT2D eigenvalue weighted by atomic mass is 9.92. The lowest BCUT2D eigenvalue weighted by molar-refractivity contribution is 0.0793. The molecule has 1 aliphatic rings. The molecule has 1 aromatic rings. The molecule has 22 heavy (non-hydrogen) atoms. The van der Waals surface area contributed by atoms with Crippen LogP contribution in [0.4, 0.5) is 4.79 Å². The number of urea groups is 1. The smallest absolute Gasteiger partial charge is 0.317 e. The minimum Gasteiger partial charge on any atom is -0.393 e. The van der Waals surface area contributed by atoms with E-state index in [2.05, 4.69) is 5.32 Å². The Balaban J connectivity index is 1.93. The van der Waals surface area contributed by atoms with E-state index in [1.807, 2.05) is 43.0 Å². The summed E-state index contributed by atoms with van der Waals surface area (Å²) >= 11 is 6.03. The van der Waals surface area contributed by atoms with Gasteiger partial charge in [0.25, 0.3) is 0 Å². The van der Waals surface area contributed by atoms with Gasteiger partial charge >= 0.3 is 6.03 Å². The van der Waals surface area contributed by atoms with Crippen LogP contribution in [0, 0.1) is 5.92 Å². The minimum absolute atomic E-state index is 0.0271. The maximum atomic E-state index is 12.4. The number of likely N-dealkylation sites (tertiary alicyclic amines) is 1. The SMILES string of the molecule is CCC(NC(=O)N1CCC(C(C)O)CC1)c1cccc(Cl)c1. The Bertz CT molecular complexity index is 499. The summed E-state index contributed by atoms with van der Waals surface area (Å²) in [7, 11) is 0. The van der Waals surface area contributed by atoms with Gasteiger partial charge in [-0.1, -0.05) is 30.7 Å². The van der Waals surface area contributed by atoms with E-state index < -0.39 is 0 Å². The van der Waals surface area contributed by atoms with Gasteiger partial charge in [-0.15, -0.1) is 0 Å². The van der Waals surface area contributed by atoms with Gasteiger partial charge in [-0.05, 0) is 49.8 Å². The number of aliphatic hydroxyl groups is 1. The quantitative estimate of drug-likeness (QED) is 0.889. The lowest BCUT2D eigenvalue weighted by Crippen LogP contribution is -2.46. The van der Waals surface area contributed by atoms with E-state index in [-0.39, 0.29) is 18.2 Å². The molecule has 0 radical (unpaired) electrons. The molecule has 2 unspecified atom stereocenters. The fourth-order valence-electron chi connectivity index (χ4n) is 2.97. The van der Waals surface area contributed by atoms with Crippen molar-refractivity contribution in [2.45, 2.75) is 45.3 Å². The van der Waals surface area contributed by atoms with Crippen molar-refractivity contribution in [2.24, 2.45) is 5.92 Å². The maximum Gasteiger partial charge on any atom is 0.317 e. The van der Waals surface area contributed by atoms with E-state index in [4.69, 9.17) is 11.6 Å². The van der Waals surface area contributed by atoms with Crippen LogP contribution in [-0.2, 0) is 0 Å². The first-order valence-electron chi connectivity index (χ1n) is 8.00. The first-order chi connectivity index (χ1) is 10.5. The Kier molecular flexibility index (Phi) is 6.09. The highest BCUT2D eigenvalue weighted by Gasteiger charge is 2.26. The number of nitrogens with one attached hydrogen (secondary N) is 1. The number of halogens is 1. The van der Waals surface area contributed by atoms with Gasteiger partial charge in [-0.25, -0.2) is 4.79 Å². The van der Waals surface area contributed by atoms with Crippen LogP contribution in [0.2, 0.25) is 5.02 Å². The third-order valence-corrected chi connectivity index (χ3v) is 4.70. The molecule has 0 spiro atoms. The first kappa shape index (κ1) is 17.1. The second-order valence-corrected chi connectivity index (χ2v) is 6.47. The molecular weight excluding hydrogens is 300 g/mol. The summed E-state index contributed by atoms with van der Waals surface area (Å²) in [6.07, 6.45) is 2.24. The molecule has 1 aromatic carbocycles. The summed E-state index contributed by atoms with van der Waals surface area (Å²) in [4.78, 5) is 14.3. The second-order valence-electron chi connectivity index (χ2n) is 6.03. The third kappa shape index (κ3) is 4.37. The summed E-state index contributed by atoms with van der Waals surface area (Å²) in [5.41, 5.74) is 1.03. The highest BCUT2D eigenvalue weighted by atomic mass is 35.5. The Morgan fingerprint density at radius 2 is 2.14 bits per heavy atom. The van der Waals surface area contributed by atoms with Gasteiger partial charge < -0.3 is 15.3 Å². The lowest BCUT2D eigenvalue weighted by Gasteiger charge is -2.34. The van der Waals surface area contributed by atoms with E-state index in [0.717, 1.165) is 24.8 Å². The van der Waals surface area contributed by atoms with Crippen LogP contribution in [-0.4, -0.2) is 35.2 Å². The number of piperidine rings is 1. The van der Waals surface area contributed by atoms with Crippen LogP contribution >= 0.6 is 11.6 Å². The van der Waals surface area contributed by atoms with Gasteiger partial charge in [0.05, 0.1) is 12.1 Å². The van der Waals surface area contributed by atoms with Crippen LogP contribution in [0.5, 0.6) is 0 Å². The summed E-state index contributed by atoms with van der Waals surface area (Å²) in [5.74, 6) is 0.305. The van der Waals surface area contributed by atoms with Gasteiger partial charge in [0, 0.05) is 18.1 Å². The molecule has 1 aliphatic heterocycles. The van der Waals surface area contributed by atoms with E-state index in [9.17, 15) is 9.90 Å². The number of hydrogen-bond donors (Lipinski definition) is 2. The average Bonchev–Trinajstić information content (AvgIpc) is 2.52. The van der Waals surface area contributed by atoms with E-state index in [0.29, 0.717) is 24.0 Å². The number of rotatable bonds is 4. The highest BCUT2D eigenvalue weighted by Crippen LogP contribution is 2.23. The zero-order chi connectivity index (χ0) is 16.1. The summed E-state index contributed by atoms with van der Waals surface area (Å²) < 4.78 is 0. The number of aliphatic hydroxyl groups excluding tert-OH is 1. The monoisotopic (exact) mass is 324 g/mol. The maximum absolute atomic E-state index is 12.4. The number of amides is 2. The summed E-state index contributed by atoms with van der Waals surface area (Å²) in [6.45, 7) is 5.28. The fourth-order valence-corrected chi connectivity index (χ4v) is 3.17. The molecule has 0 aromatic heterocycles. The molecule has 4 nitrogen and oxygen atoms in total. The zero-order valence-electron chi connectivity index (χ0n) is 13.3. The van der Waals surface area contributed by atoms with Crippen LogP contribution in [0.25, 0.3) is 0 Å². The number of hydrogen-bond acceptors (Lipinski definition) is 2. The largest absolute Gasteiger partial charge is 0.393 e. The fraction of sp³-hybridized carbons (Fsp3) is 0.588. The van der Waals surface area contributed by atoms with Gasteiger partial charge in [-0.3, -0.25) is 0 Å². The van der Waals surface area contributed by atoms with Crippen molar-refractivity contribution < 1.29 is 9.90 Å².